The van der Waals surface area contributed by atoms with Crippen LogP contribution in [-0.4, -0.2) is 31.2 Å². The zero-order valence-corrected chi connectivity index (χ0v) is 12.4. The molecule has 1 aliphatic rings. The van der Waals surface area contributed by atoms with E-state index in [1.54, 1.807) is 6.07 Å². The molecule has 0 aromatic heterocycles. The summed E-state index contributed by atoms with van der Waals surface area (Å²) in [5.41, 5.74) is 5.02. The van der Waals surface area contributed by atoms with Crippen LogP contribution in [0.5, 0.6) is 11.5 Å². The van der Waals surface area contributed by atoms with Gasteiger partial charge in [0, 0.05) is 6.07 Å². The highest BCUT2D eigenvalue weighted by Gasteiger charge is 2.54. The molecule has 1 aromatic rings. The van der Waals surface area contributed by atoms with E-state index in [-0.39, 0.29) is 11.7 Å². The molecule has 0 aliphatic heterocycles. The predicted molar refractivity (Wildman–Crippen MR) is 78.3 cm³/mol. The van der Waals surface area contributed by atoms with Crippen LogP contribution in [0, 0.1) is 5.41 Å². The summed E-state index contributed by atoms with van der Waals surface area (Å²) < 4.78 is 10.3. The number of carbonyl (C=O) groups excluding carboxylic acids is 1. The Hall–Kier alpha value is -2.15. The molecule has 114 valence electrons. The largest absolute Gasteiger partial charge is 0.495 e. The van der Waals surface area contributed by atoms with Gasteiger partial charge in [-0.05, 0) is 18.9 Å². The minimum absolute atomic E-state index is 0.0985. The molecular formula is C13H16ClN3O4. The monoisotopic (exact) mass is 313 g/mol. The molecule has 2 rings (SSSR count). The Kier molecular flexibility index (Phi) is 4.13. The minimum atomic E-state index is -0.952. The fraction of sp³-hybridized carbons (Fsp3) is 0.385. The molecule has 4 N–H and O–H groups in total. The maximum absolute atomic E-state index is 12.3. The number of ether oxygens (including phenoxy) is 2. The van der Waals surface area contributed by atoms with Gasteiger partial charge in [-0.25, -0.2) is 0 Å². The fourth-order valence-corrected chi connectivity index (χ4v) is 2.26. The number of nitrogens with two attached hydrogens (primary N) is 1. The summed E-state index contributed by atoms with van der Waals surface area (Å²) >= 11 is 6.04. The second-order valence-electron chi connectivity index (χ2n) is 4.71. The highest BCUT2D eigenvalue weighted by molar-refractivity contribution is 6.32. The van der Waals surface area contributed by atoms with E-state index >= 15 is 0 Å². The normalized spacial score (nSPS) is 16.2. The molecule has 0 atom stereocenters. The molecule has 0 spiro atoms. The Morgan fingerprint density at radius 3 is 2.48 bits per heavy atom. The van der Waals surface area contributed by atoms with Crippen LogP contribution in [-0.2, 0) is 4.79 Å². The van der Waals surface area contributed by atoms with Crippen molar-refractivity contribution in [2.75, 3.05) is 19.5 Å². The number of anilines is 1. The molecule has 1 aliphatic carbocycles. The van der Waals surface area contributed by atoms with Gasteiger partial charge in [-0.1, -0.05) is 16.8 Å². The lowest BCUT2D eigenvalue weighted by molar-refractivity contribution is -0.119. The average molecular weight is 314 g/mol. The van der Waals surface area contributed by atoms with E-state index in [4.69, 9.17) is 32.0 Å². The Balaban J connectivity index is 2.28. The molecule has 8 heteroatoms. The first-order valence-corrected chi connectivity index (χ1v) is 6.57. The van der Waals surface area contributed by atoms with Crippen LogP contribution in [0.15, 0.2) is 17.3 Å². The van der Waals surface area contributed by atoms with Gasteiger partial charge in [0.2, 0.25) is 5.91 Å². The summed E-state index contributed by atoms with van der Waals surface area (Å²) in [6, 6.07) is 3.10. The number of hydrogen-bond donors (Lipinski definition) is 3. The van der Waals surface area contributed by atoms with Gasteiger partial charge in [-0.15, -0.1) is 0 Å². The van der Waals surface area contributed by atoms with E-state index in [0.29, 0.717) is 35.1 Å². The number of nitrogens with one attached hydrogen (secondary N) is 1. The molecule has 0 heterocycles. The van der Waals surface area contributed by atoms with Crippen molar-refractivity contribution in [3.63, 3.8) is 0 Å². The lowest BCUT2D eigenvalue weighted by Gasteiger charge is -2.16. The van der Waals surface area contributed by atoms with Crippen molar-refractivity contribution >= 4 is 29.0 Å². The van der Waals surface area contributed by atoms with Crippen molar-refractivity contribution < 1.29 is 19.5 Å². The van der Waals surface area contributed by atoms with Crippen molar-refractivity contribution in [1.29, 1.82) is 0 Å². The van der Waals surface area contributed by atoms with Crippen LogP contribution in [0.1, 0.15) is 12.8 Å². The third-order valence-electron chi connectivity index (χ3n) is 3.50. The number of methoxy groups -OCH3 is 2. The van der Waals surface area contributed by atoms with E-state index in [1.165, 1.54) is 20.3 Å². The van der Waals surface area contributed by atoms with Gasteiger partial charge >= 0.3 is 0 Å². The van der Waals surface area contributed by atoms with Crippen molar-refractivity contribution in [3.8, 4) is 11.5 Å². The number of nitrogens with zero attached hydrogens (tertiary/aromatic N) is 1. The maximum atomic E-state index is 12.3. The second kappa shape index (κ2) is 5.69. The SMILES string of the molecule is COc1cc(OC)c(NC(=O)C2(/C(N)=N/O)CC2)cc1Cl. The molecule has 0 saturated heterocycles. The molecule has 0 bridgehead atoms. The van der Waals surface area contributed by atoms with Crippen molar-refractivity contribution in [2.45, 2.75) is 12.8 Å². The van der Waals surface area contributed by atoms with Gasteiger partial charge in [-0.2, -0.15) is 0 Å². The number of hydrogen-bond acceptors (Lipinski definition) is 5. The van der Waals surface area contributed by atoms with E-state index in [2.05, 4.69) is 10.5 Å². The zero-order valence-electron chi connectivity index (χ0n) is 11.6. The van der Waals surface area contributed by atoms with E-state index in [9.17, 15) is 4.79 Å². The van der Waals surface area contributed by atoms with Crippen LogP contribution in [0.25, 0.3) is 0 Å². The molecule has 21 heavy (non-hydrogen) atoms. The minimum Gasteiger partial charge on any atom is -0.495 e. The van der Waals surface area contributed by atoms with Crippen molar-refractivity contribution in [1.82, 2.24) is 0 Å². The Bertz CT molecular complexity index is 599. The highest BCUT2D eigenvalue weighted by Crippen LogP contribution is 2.47. The number of carbonyl (C=O) groups is 1. The third-order valence-corrected chi connectivity index (χ3v) is 3.80. The first-order chi connectivity index (χ1) is 9.98. The number of rotatable bonds is 5. The van der Waals surface area contributed by atoms with Crippen LogP contribution >= 0.6 is 11.6 Å². The molecule has 0 unspecified atom stereocenters. The average Bonchev–Trinajstić information content (AvgIpc) is 3.28. The Morgan fingerprint density at radius 2 is 2.00 bits per heavy atom. The lowest BCUT2D eigenvalue weighted by atomic mass is 10.1. The summed E-state index contributed by atoms with van der Waals surface area (Å²) in [5, 5.41) is 14.7. The van der Waals surface area contributed by atoms with Gasteiger partial charge < -0.3 is 25.7 Å². The first kappa shape index (κ1) is 15.2. The van der Waals surface area contributed by atoms with Crippen LogP contribution in [0.2, 0.25) is 5.02 Å². The number of oxime groups is 1. The Morgan fingerprint density at radius 1 is 1.38 bits per heavy atom. The number of benzene rings is 1. The number of amidine groups is 1. The third kappa shape index (κ3) is 2.69. The topological polar surface area (TPSA) is 106 Å². The van der Waals surface area contributed by atoms with Gasteiger partial charge in [0.15, 0.2) is 5.84 Å². The summed E-state index contributed by atoms with van der Waals surface area (Å²) in [4.78, 5) is 12.3. The molecule has 7 nitrogen and oxygen atoms in total. The number of halogens is 1. The fourth-order valence-electron chi connectivity index (χ4n) is 2.02. The van der Waals surface area contributed by atoms with Gasteiger partial charge in [0.1, 0.15) is 16.9 Å². The second-order valence-corrected chi connectivity index (χ2v) is 5.12. The van der Waals surface area contributed by atoms with Gasteiger partial charge in [0.05, 0.1) is 24.9 Å². The molecule has 1 aromatic carbocycles. The van der Waals surface area contributed by atoms with Crippen molar-refractivity contribution in [3.05, 3.63) is 17.2 Å². The maximum Gasteiger partial charge on any atom is 0.238 e. The lowest BCUT2D eigenvalue weighted by Crippen LogP contribution is -2.36. The Labute approximate surface area is 126 Å². The molecule has 1 fully saturated rings. The van der Waals surface area contributed by atoms with Crippen molar-refractivity contribution in [2.24, 2.45) is 16.3 Å². The molecule has 1 amide bonds. The van der Waals surface area contributed by atoms with E-state index < -0.39 is 5.41 Å². The van der Waals surface area contributed by atoms with E-state index in [0.717, 1.165) is 0 Å². The van der Waals surface area contributed by atoms with Gasteiger partial charge in [-0.3, -0.25) is 4.79 Å². The summed E-state index contributed by atoms with van der Waals surface area (Å²) in [5.74, 6) is 0.375. The smallest absolute Gasteiger partial charge is 0.238 e. The van der Waals surface area contributed by atoms with Crippen LogP contribution in [0.3, 0.4) is 0 Å². The zero-order chi connectivity index (χ0) is 15.6. The number of amides is 1. The first-order valence-electron chi connectivity index (χ1n) is 6.19. The van der Waals surface area contributed by atoms with Gasteiger partial charge in [0.25, 0.3) is 0 Å². The van der Waals surface area contributed by atoms with Crippen LogP contribution < -0.4 is 20.5 Å². The summed E-state index contributed by atoms with van der Waals surface area (Å²) in [7, 11) is 2.95. The van der Waals surface area contributed by atoms with E-state index in [1.807, 2.05) is 0 Å². The highest BCUT2D eigenvalue weighted by atomic mass is 35.5. The predicted octanol–water partition coefficient (Wildman–Crippen LogP) is 1.82. The molecule has 1 saturated carbocycles. The molecule has 0 radical (unpaired) electrons. The quantitative estimate of drug-likeness (QED) is 0.333. The summed E-state index contributed by atoms with van der Waals surface area (Å²) in [6.45, 7) is 0. The van der Waals surface area contributed by atoms with Crippen LogP contribution in [0.4, 0.5) is 5.69 Å². The summed E-state index contributed by atoms with van der Waals surface area (Å²) in [6.07, 6.45) is 1.06. The standard InChI is InChI=1S/C13H16ClN3O4/c1-20-9-6-10(21-2)8(5-7(9)14)16-12(18)13(3-4-13)11(15)17-19/h5-6,19H,3-4H2,1-2H3,(H2,15,17)(H,16,18). The molecular weight excluding hydrogens is 298 g/mol.